The Morgan fingerprint density at radius 2 is 1.64 bits per heavy atom. The number of ether oxygens (including phenoxy) is 2. The summed E-state index contributed by atoms with van der Waals surface area (Å²) >= 11 is 6.17. The fourth-order valence-electron chi connectivity index (χ4n) is 4.12. The van der Waals surface area contributed by atoms with Crippen LogP contribution >= 0.6 is 11.6 Å². The lowest BCUT2D eigenvalue weighted by atomic mass is 10.1. The smallest absolute Gasteiger partial charge is 0.264 e. The lowest BCUT2D eigenvalue weighted by molar-refractivity contribution is -0.139. The fourth-order valence-corrected chi connectivity index (χ4v) is 5.76. The van der Waals surface area contributed by atoms with Crippen molar-refractivity contribution < 1.29 is 31.9 Å². The molecule has 0 aromatic heterocycles. The molecule has 9 nitrogen and oxygen atoms in total. The number of hydrogen-bond acceptors (Lipinski definition) is 6. The summed E-state index contributed by atoms with van der Waals surface area (Å²) in [7, 11) is -1.61. The van der Waals surface area contributed by atoms with E-state index in [0.29, 0.717) is 22.8 Å². The minimum atomic E-state index is -4.40. The first-order chi connectivity index (χ1) is 19.9. The highest BCUT2D eigenvalue weighted by Crippen LogP contribution is 2.32. The van der Waals surface area contributed by atoms with Crippen LogP contribution in [0.25, 0.3) is 0 Å². The van der Waals surface area contributed by atoms with Crippen LogP contribution in [0.5, 0.6) is 11.5 Å². The number of sulfonamides is 1. The zero-order chi connectivity index (χ0) is 31.0. The maximum absolute atomic E-state index is 14.0. The van der Waals surface area contributed by atoms with Gasteiger partial charge in [0.2, 0.25) is 11.8 Å². The Kier molecular flexibility index (Phi) is 11.2. The Labute approximate surface area is 251 Å². The second-order valence-corrected chi connectivity index (χ2v) is 11.9. The predicted molar refractivity (Wildman–Crippen MR) is 160 cm³/mol. The number of nitrogens with one attached hydrogen (secondary N) is 1. The maximum atomic E-state index is 14.0. The van der Waals surface area contributed by atoms with Gasteiger partial charge in [0.25, 0.3) is 10.0 Å². The van der Waals surface area contributed by atoms with Crippen molar-refractivity contribution in [1.29, 1.82) is 0 Å². The van der Waals surface area contributed by atoms with Gasteiger partial charge in [-0.2, -0.15) is 0 Å². The largest absolute Gasteiger partial charge is 0.493 e. The van der Waals surface area contributed by atoms with Crippen molar-refractivity contribution >= 4 is 39.1 Å². The minimum Gasteiger partial charge on any atom is -0.493 e. The van der Waals surface area contributed by atoms with E-state index < -0.39 is 40.2 Å². The quantitative estimate of drug-likeness (QED) is 0.288. The summed E-state index contributed by atoms with van der Waals surface area (Å²) in [5.74, 6) is -1.14. The van der Waals surface area contributed by atoms with E-state index in [2.05, 4.69) is 5.32 Å². The SMILES string of the molecule is CCC(C)NC(=O)C(C)N(Cc1cccc(Cl)c1)C(=O)CN(c1ccc(F)cc1)S(=O)(=O)c1ccc(OC)c(OC)c1. The molecule has 3 aromatic carbocycles. The Hall–Kier alpha value is -3.83. The molecular formula is C30H35ClFN3O6S. The number of nitrogens with zero attached hydrogens (tertiary/aromatic N) is 2. The third-order valence-corrected chi connectivity index (χ3v) is 8.75. The standard InChI is InChI=1S/C30H35ClFN3O6S/c1-6-20(2)33-30(37)21(3)34(18-22-8-7-9-23(31)16-22)29(36)19-35(25-12-10-24(32)11-13-25)42(38,39)26-14-15-27(40-4)28(17-26)41-5/h7-17,20-21H,6,18-19H2,1-5H3,(H,33,37). The number of anilines is 1. The highest BCUT2D eigenvalue weighted by molar-refractivity contribution is 7.92. The van der Waals surface area contributed by atoms with Crippen molar-refractivity contribution in [2.45, 2.75) is 50.7 Å². The molecule has 2 unspecified atom stereocenters. The van der Waals surface area contributed by atoms with Crippen LogP contribution in [0.1, 0.15) is 32.8 Å². The molecule has 3 rings (SSSR count). The van der Waals surface area contributed by atoms with Crippen molar-refractivity contribution in [3.63, 3.8) is 0 Å². The van der Waals surface area contributed by atoms with Crippen molar-refractivity contribution in [1.82, 2.24) is 10.2 Å². The van der Waals surface area contributed by atoms with Gasteiger partial charge in [0.1, 0.15) is 18.4 Å². The van der Waals surface area contributed by atoms with Crippen LogP contribution in [-0.4, -0.2) is 58.0 Å². The van der Waals surface area contributed by atoms with E-state index in [4.69, 9.17) is 21.1 Å². The molecule has 0 spiro atoms. The average Bonchev–Trinajstić information content (AvgIpc) is 2.98. The van der Waals surface area contributed by atoms with Gasteiger partial charge in [0.15, 0.2) is 11.5 Å². The number of halogens is 2. The fraction of sp³-hybridized carbons (Fsp3) is 0.333. The highest BCUT2D eigenvalue weighted by Gasteiger charge is 2.33. The van der Waals surface area contributed by atoms with Gasteiger partial charge in [-0.05, 0) is 74.4 Å². The normalized spacial score (nSPS) is 12.6. The van der Waals surface area contributed by atoms with E-state index in [9.17, 15) is 22.4 Å². The Morgan fingerprint density at radius 3 is 2.24 bits per heavy atom. The summed E-state index contributed by atoms with van der Waals surface area (Å²) in [6.07, 6.45) is 0.683. The van der Waals surface area contributed by atoms with Crippen LogP contribution in [0.2, 0.25) is 5.02 Å². The molecule has 42 heavy (non-hydrogen) atoms. The summed E-state index contributed by atoms with van der Waals surface area (Å²) < 4.78 is 53.2. The van der Waals surface area contributed by atoms with Crippen LogP contribution in [0, 0.1) is 5.82 Å². The molecule has 0 fully saturated rings. The molecule has 0 bridgehead atoms. The molecule has 0 aliphatic heterocycles. The van der Waals surface area contributed by atoms with Crippen LogP contribution in [0.3, 0.4) is 0 Å². The molecule has 0 aliphatic carbocycles. The van der Waals surface area contributed by atoms with Crippen LogP contribution in [0.15, 0.2) is 71.6 Å². The van der Waals surface area contributed by atoms with E-state index in [0.717, 1.165) is 16.4 Å². The molecule has 2 amide bonds. The van der Waals surface area contributed by atoms with Gasteiger partial charge in [0.05, 0.1) is 24.8 Å². The summed E-state index contributed by atoms with van der Waals surface area (Å²) in [6.45, 7) is 4.65. The van der Waals surface area contributed by atoms with Gasteiger partial charge in [0, 0.05) is 23.7 Å². The van der Waals surface area contributed by atoms with Crippen LogP contribution < -0.4 is 19.1 Å². The van der Waals surface area contributed by atoms with Gasteiger partial charge in [-0.15, -0.1) is 0 Å². The Bertz CT molecular complexity index is 1500. The van der Waals surface area contributed by atoms with E-state index in [1.165, 1.54) is 49.5 Å². The predicted octanol–water partition coefficient (Wildman–Crippen LogP) is 5.02. The van der Waals surface area contributed by atoms with Crippen LogP contribution in [-0.2, 0) is 26.2 Å². The number of rotatable bonds is 13. The minimum absolute atomic E-state index is 0.0118. The van der Waals surface area contributed by atoms with Crippen molar-refractivity contribution in [3.8, 4) is 11.5 Å². The maximum Gasteiger partial charge on any atom is 0.264 e. The second-order valence-electron chi connectivity index (χ2n) is 9.65. The zero-order valence-electron chi connectivity index (χ0n) is 24.1. The molecular weight excluding hydrogens is 585 g/mol. The number of hydrogen-bond donors (Lipinski definition) is 1. The summed E-state index contributed by atoms with van der Waals surface area (Å²) in [6, 6.07) is 14.5. The molecule has 3 aromatic rings. The van der Waals surface area contributed by atoms with E-state index in [1.807, 2.05) is 13.8 Å². The molecule has 2 atom stereocenters. The van der Waals surface area contributed by atoms with Gasteiger partial charge in [-0.25, -0.2) is 12.8 Å². The molecule has 0 heterocycles. The lowest BCUT2D eigenvalue weighted by Gasteiger charge is -2.32. The third-order valence-electron chi connectivity index (χ3n) is 6.75. The number of benzene rings is 3. The van der Waals surface area contributed by atoms with Gasteiger partial charge >= 0.3 is 0 Å². The molecule has 0 radical (unpaired) electrons. The second kappa shape index (κ2) is 14.4. The first-order valence-corrected chi connectivity index (χ1v) is 15.1. The Morgan fingerprint density at radius 1 is 0.976 bits per heavy atom. The van der Waals surface area contributed by atoms with E-state index in [1.54, 1.807) is 31.2 Å². The van der Waals surface area contributed by atoms with Crippen molar-refractivity contribution in [3.05, 3.63) is 83.1 Å². The molecule has 0 saturated carbocycles. The monoisotopic (exact) mass is 619 g/mol. The van der Waals surface area contributed by atoms with Crippen LogP contribution in [0.4, 0.5) is 10.1 Å². The average molecular weight is 620 g/mol. The van der Waals surface area contributed by atoms with E-state index >= 15 is 0 Å². The summed E-state index contributed by atoms with van der Waals surface area (Å²) in [4.78, 5) is 28.2. The number of methoxy groups -OCH3 is 2. The highest BCUT2D eigenvalue weighted by atomic mass is 35.5. The summed E-state index contributed by atoms with van der Waals surface area (Å²) in [5, 5.41) is 3.32. The zero-order valence-corrected chi connectivity index (χ0v) is 25.7. The number of carbonyl (C=O) groups is 2. The van der Waals surface area contributed by atoms with Gasteiger partial charge in [-0.3, -0.25) is 13.9 Å². The van der Waals surface area contributed by atoms with Gasteiger partial charge in [-0.1, -0.05) is 30.7 Å². The van der Waals surface area contributed by atoms with Gasteiger partial charge < -0.3 is 19.7 Å². The lowest BCUT2D eigenvalue weighted by Crippen LogP contribution is -2.52. The topological polar surface area (TPSA) is 105 Å². The Balaban J connectivity index is 2.06. The van der Waals surface area contributed by atoms with Crippen molar-refractivity contribution in [2.75, 3.05) is 25.1 Å². The number of amides is 2. The first-order valence-electron chi connectivity index (χ1n) is 13.3. The molecule has 0 saturated heterocycles. The first kappa shape index (κ1) is 32.7. The third kappa shape index (κ3) is 7.92. The van der Waals surface area contributed by atoms with Crippen molar-refractivity contribution in [2.24, 2.45) is 0 Å². The summed E-state index contributed by atoms with van der Waals surface area (Å²) in [5.41, 5.74) is 0.703. The molecule has 1 N–H and O–H groups in total. The van der Waals surface area contributed by atoms with E-state index in [-0.39, 0.29) is 28.9 Å². The molecule has 0 aliphatic rings. The molecule has 12 heteroatoms. The molecule has 226 valence electrons. The number of carbonyl (C=O) groups excluding carboxylic acids is 2.